The van der Waals surface area contributed by atoms with Crippen molar-refractivity contribution in [3.05, 3.63) is 94.7 Å². The summed E-state index contributed by atoms with van der Waals surface area (Å²) >= 11 is 1.44. The van der Waals surface area contributed by atoms with Gasteiger partial charge in [0.1, 0.15) is 0 Å². The molecule has 0 radical (unpaired) electrons. The van der Waals surface area contributed by atoms with Crippen molar-refractivity contribution >= 4 is 49.7 Å². The maximum Gasteiger partial charge on any atom is 0.338 e. The number of anilines is 1. The number of carbonyl (C=O) groups excluding carboxylic acids is 2. The van der Waals surface area contributed by atoms with Gasteiger partial charge in [-0.25, -0.2) is 17.9 Å². The lowest BCUT2D eigenvalue weighted by Crippen LogP contribution is -2.30. The molecule has 0 bridgehead atoms. The zero-order valence-electron chi connectivity index (χ0n) is 18.2. The number of ether oxygens (including phenoxy) is 1. The molecule has 0 aliphatic carbocycles. The molecule has 1 amide bonds. The summed E-state index contributed by atoms with van der Waals surface area (Å²) < 4.78 is 33.0. The van der Waals surface area contributed by atoms with Gasteiger partial charge >= 0.3 is 5.97 Å². The van der Waals surface area contributed by atoms with E-state index in [0.29, 0.717) is 5.69 Å². The summed E-state index contributed by atoms with van der Waals surface area (Å²) in [6.45, 7) is 1.61. The molecule has 1 aromatic heterocycles. The average molecular weight is 495 g/mol. The third kappa shape index (κ3) is 5.69. The fraction of sp³-hybridized carbons (Fsp3) is 0.120. The predicted octanol–water partition coefficient (Wildman–Crippen LogP) is 4.56. The first-order valence-electron chi connectivity index (χ1n) is 10.4. The Kier molecular flexibility index (Phi) is 7.06. The van der Waals surface area contributed by atoms with Crippen molar-refractivity contribution in [3.8, 4) is 0 Å². The van der Waals surface area contributed by atoms with Crippen LogP contribution in [0.3, 0.4) is 0 Å². The van der Waals surface area contributed by atoms with Gasteiger partial charge in [0.2, 0.25) is 10.0 Å². The van der Waals surface area contributed by atoms with E-state index in [2.05, 4.69) is 10.0 Å². The van der Waals surface area contributed by atoms with Gasteiger partial charge in [-0.1, -0.05) is 42.5 Å². The minimum Gasteiger partial charge on any atom is -0.449 e. The molecule has 1 unspecified atom stereocenters. The number of hydrogen-bond donors (Lipinski definition) is 2. The van der Waals surface area contributed by atoms with E-state index in [1.807, 2.05) is 53.9 Å². The molecule has 4 aromatic rings. The van der Waals surface area contributed by atoms with E-state index in [4.69, 9.17) is 4.74 Å². The molecule has 34 heavy (non-hydrogen) atoms. The van der Waals surface area contributed by atoms with Crippen LogP contribution in [0.4, 0.5) is 5.69 Å². The fourth-order valence-corrected chi connectivity index (χ4v) is 5.03. The molecule has 0 spiro atoms. The van der Waals surface area contributed by atoms with Crippen molar-refractivity contribution in [1.82, 2.24) is 4.72 Å². The second-order valence-corrected chi connectivity index (χ2v) is 10.3. The van der Waals surface area contributed by atoms with E-state index in [0.717, 1.165) is 15.6 Å². The normalized spacial score (nSPS) is 12.3. The second-order valence-electron chi connectivity index (χ2n) is 7.53. The van der Waals surface area contributed by atoms with Crippen molar-refractivity contribution in [2.75, 3.05) is 5.32 Å². The lowest BCUT2D eigenvalue weighted by atomic mass is 10.1. The van der Waals surface area contributed by atoms with Crippen molar-refractivity contribution in [2.45, 2.75) is 24.5 Å². The molecule has 0 aliphatic rings. The van der Waals surface area contributed by atoms with Crippen LogP contribution in [0.15, 0.2) is 89.1 Å². The molecule has 0 saturated carbocycles. The van der Waals surface area contributed by atoms with Gasteiger partial charge in [-0.05, 0) is 59.5 Å². The Labute approximate surface area is 201 Å². The van der Waals surface area contributed by atoms with Crippen LogP contribution in [0.25, 0.3) is 10.8 Å². The summed E-state index contributed by atoms with van der Waals surface area (Å²) in [5.41, 5.74) is 0.612. The first-order valence-corrected chi connectivity index (χ1v) is 12.8. The largest absolute Gasteiger partial charge is 0.449 e. The summed E-state index contributed by atoms with van der Waals surface area (Å²) in [7, 11) is -3.83. The maximum absolute atomic E-state index is 12.6. The first kappa shape index (κ1) is 23.6. The Morgan fingerprint density at radius 3 is 2.50 bits per heavy atom. The third-order valence-corrected chi connectivity index (χ3v) is 7.34. The van der Waals surface area contributed by atoms with Gasteiger partial charge in [-0.3, -0.25) is 4.79 Å². The average Bonchev–Trinajstić information content (AvgIpc) is 3.36. The molecule has 0 aliphatic heterocycles. The highest BCUT2D eigenvalue weighted by molar-refractivity contribution is 7.89. The molecule has 1 atom stereocenters. The number of carbonyl (C=O) groups is 2. The molecule has 1 heterocycles. The third-order valence-electron chi connectivity index (χ3n) is 5.07. The van der Waals surface area contributed by atoms with Crippen LogP contribution >= 0.6 is 11.3 Å². The first-order chi connectivity index (χ1) is 16.3. The highest BCUT2D eigenvalue weighted by Gasteiger charge is 2.21. The van der Waals surface area contributed by atoms with Gasteiger partial charge < -0.3 is 10.1 Å². The summed E-state index contributed by atoms with van der Waals surface area (Å²) in [5, 5.41) is 6.60. The monoisotopic (exact) mass is 494 g/mol. The molecule has 3 aromatic carbocycles. The van der Waals surface area contributed by atoms with Crippen LogP contribution in [0.1, 0.15) is 22.2 Å². The van der Waals surface area contributed by atoms with E-state index in [1.165, 1.54) is 42.5 Å². The highest BCUT2D eigenvalue weighted by atomic mass is 32.2. The van der Waals surface area contributed by atoms with Crippen LogP contribution in [-0.2, 0) is 26.1 Å². The number of sulfonamides is 1. The fourth-order valence-electron chi connectivity index (χ4n) is 3.25. The summed E-state index contributed by atoms with van der Waals surface area (Å²) in [4.78, 5) is 25.9. The smallest absolute Gasteiger partial charge is 0.338 e. The van der Waals surface area contributed by atoms with E-state index < -0.39 is 28.0 Å². The highest BCUT2D eigenvalue weighted by Crippen LogP contribution is 2.20. The zero-order chi connectivity index (χ0) is 24.1. The molecule has 0 saturated heterocycles. The summed E-state index contributed by atoms with van der Waals surface area (Å²) in [6.07, 6.45) is -1.09. The van der Waals surface area contributed by atoms with Crippen molar-refractivity contribution in [3.63, 3.8) is 0 Å². The van der Waals surface area contributed by atoms with Crippen LogP contribution in [0.5, 0.6) is 0 Å². The Balaban J connectivity index is 1.39. The van der Waals surface area contributed by atoms with Crippen LogP contribution in [0, 0.1) is 0 Å². The van der Waals surface area contributed by atoms with Gasteiger partial charge in [-0.15, -0.1) is 11.3 Å². The molecule has 174 valence electrons. The minimum atomic E-state index is -3.83. The Morgan fingerprint density at radius 1 is 0.941 bits per heavy atom. The van der Waals surface area contributed by atoms with E-state index in [-0.39, 0.29) is 17.0 Å². The summed E-state index contributed by atoms with van der Waals surface area (Å²) in [6, 6.07) is 22.4. The maximum atomic E-state index is 12.6. The van der Waals surface area contributed by atoms with Crippen LogP contribution < -0.4 is 10.0 Å². The van der Waals surface area contributed by atoms with Gasteiger partial charge in [0.05, 0.1) is 10.5 Å². The Morgan fingerprint density at radius 2 is 1.74 bits per heavy atom. The zero-order valence-corrected chi connectivity index (χ0v) is 19.9. The van der Waals surface area contributed by atoms with Crippen LogP contribution in [-0.4, -0.2) is 26.4 Å². The second kappa shape index (κ2) is 10.2. The molecule has 7 nitrogen and oxygen atoms in total. The van der Waals surface area contributed by atoms with Gasteiger partial charge in [-0.2, -0.15) is 0 Å². The molecular weight excluding hydrogens is 472 g/mol. The number of fused-ring (bicyclic) bond motifs is 1. The number of thiophene rings is 1. The van der Waals surface area contributed by atoms with E-state index >= 15 is 0 Å². The number of hydrogen-bond acceptors (Lipinski definition) is 6. The topological polar surface area (TPSA) is 102 Å². The van der Waals surface area contributed by atoms with Crippen LogP contribution in [0.2, 0.25) is 0 Å². The number of nitrogens with one attached hydrogen (secondary N) is 2. The Bertz CT molecular complexity index is 1430. The molecule has 0 fully saturated rings. The molecular formula is C25H22N2O5S2. The van der Waals surface area contributed by atoms with Gasteiger partial charge in [0.15, 0.2) is 6.10 Å². The van der Waals surface area contributed by atoms with E-state index in [9.17, 15) is 18.0 Å². The minimum absolute atomic E-state index is 0.0318. The molecule has 2 N–H and O–H groups in total. The number of amides is 1. The number of rotatable bonds is 8. The van der Waals surface area contributed by atoms with Gasteiger partial charge in [0, 0.05) is 17.1 Å². The predicted molar refractivity (Wildman–Crippen MR) is 132 cm³/mol. The van der Waals surface area contributed by atoms with Crippen molar-refractivity contribution in [2.24, 2.45) is 0 Å². The molecule has 4 rings (SSSR count). The number of esters is 1. The van der Waals surface area contributed by atoms with E-state index in [1.54, 1.807) is 6.07 Å². The quantitative estimate of drug-likeness (QED) is 0.350. The Hall–Kier alpha value is -3.53. The molecule has 9 heteroatoms. The summed E-state index contributed by atoms with van der Waals surface area (Å²) in [5.74, 6) is -1.29. The lowest BCUT2D eigenvalue weighted by Gasteiger charge is -2.14. The van der Waals surface area contributed by atoms with Gasteiger partial charge in [0.25, 0.3) is 5.91 Å². The van der Waals surface area contributed by atoms with Crippen molar-refractivity contribution < 1.29 is 22.7 Å². The SMILES string of the molecule is CC(OC(=O)c1cccc(S(=O)(=O)NCc2cccs2)c1)C(=O)Nc1ccc2ccccc2c1. The standard InChI is InChI=1S/C25H22N2O5S2/c1-17(24(28)27-21-12-11-18-6-2-3-7-19(18)14-21)32-25(29)20-8-4-10-23(15-20)34(30,31)26-16-22-9-5-13-33-22/h2-15,17,26H,16H2,1H3,(H,27,28). The van der Waals surface area contributed by atoms with Crippen molar-refractivity contribution in [1.29, 1.82) is 0 Å². The number of benzene rings is 3. The lowest BCUT2D eigenvalue weighted by molar-refractivity contribution is -0.123.